The van der Waals surface area contributed by atoms with Gasteiger partial charge in [-0.05, 0) is 26.3 Å². The lowest BCUT2D eigenvalue weighted by Crippen LogP contribution is -2.36. The SMILES string of the molecule is CNC1CCC(NC=O)C1.COCCN1CCC(F)N1. The van der Waals surface area contributed by atoms with Crippen LogP contribution in [0.1, 0.15) is 25.7 Å². The molecule has 20 heavy (non-hydrogen) atoms. The van der Waals surface area contributed by atoms with Crippen LogP contribution in [0.5, 0.6) is 0 Å². The molecule has 3 N–H and O–H groups in total. The van der Waals surface area contributed by atoms with Gasteiger partial charge in [-0.3, -0.25) is 4.79 Å². The van der Waals surface area contributed by atoms with Crippen LogP contribution >= 0.6 is 0 Å². The highest BCUT2D eigenvalue weighted by Crippen LogP contribution is 2.17. The van der Waals surface area contributed by atoms with Gasteiger partial charge in [0.05, 0.1) is 6.61 Å². The number of ether oxygens (including phenoxy) is 1. The smallest absolute Gasteiger partial charge is 0.207 e. The molecule has 2 aliphatic rings. The van der Waals surface area contributed by atoms with E-state index in [1.54, 1.807) is 7.11 Å². The molecule has 1 saturated heterocycles. The summed E-state index contributed by atoms with van der Waals surface area (Å²) >= 11 is 0. The number of hydrogen-bond donors (Lipinski definition) is 3. The zero-order chi connectivity index (χ0) is 14.8. The van der Waals surface area contributed by atoms with Crippen molar-refractivity contribution in [2.75, 3.05) is 33.9 Å². The molecule has 2 rings (SSSR count). The van der Waals surface area contributed by atoms with E-state index in [2.05, 4.69) is 16.1 Å². The Kier molecular flexibility index (Phi) is 8.68. The fraction of sp³-hybridized carbons (Fsp3) is 0.923. The maximum Gasteiger partial charge on any atom is 0.207 e. The first-order chi connectivity index (χ1) is 9.69. The average Bonchev–Trinajstić information content (AvgIpc) is 3.06. The second kappa shape index (κ2) is 10.0. The van der Waals surface area contributed by atoms with Gasteiger partial charge in [0, 0.05) is 38.7 Å². The molecule has 6 nitrogen and oxygen atoms in total. The van der Waals surface area contributed by atoms with E-state index in [0.29, 0.717) is 25.1 Å². The largest absolute Gasteiger partial charge is 0.383 e. The van der Waals surface area contributed by atoms with Crippen molar-refractivity contribution in [2.45, 2.75) is 44.1 Å². The van der Waals surface area contributed by atoms with Gasteiger partial charge in [-0.2, -0.15) is 0 Å². The summed E-state index contributed by atoms with van der Waals surface area (Å²) in [5.74, 6) is 0. The van der Waals surface area contributed by atoms with E-state index < -0.39 is 6.30 Å². The fourth-order valence-corrected chi connectivity index (χ4v) is 2.47. The molecule has 118 valence electrons. The van der Waals surface area contributed by atoms with E-state index in [4.69, 9.17) is 4.74 Å². The topological polar surface area (TPSA) is 65.6 Å². The van der Waals surface area contributed by atoms with E-state index in [9.17, 15) is 9.18 Å². The van der Waals surface area contributed by atoms with E-state index in [-0.39, 0.29) is 0 Å². The molecular weight excluding hydrogens is 263 g/mol. The lowest BCUT2D eigenvalue weighted by atomic mass is 10.2. The number of hydrogen-bond acceptors (Lipinski definition) is 5. The quantitative estimate of drug-likeness (QED) is 0.475. The van der Waals surface area contributed by atoms with Crippen molar-refractivity contribution in [3.8, 4) is 0 Å². The molecule has 1 aliphatic heterocycles. The van der Waals surface area contributed by atoms with Crippen molar-refractivity contribution in [1.29, 1.82) is 0 Å². The fourth-order valence-electron chi connectivity index (χ4n) is 2.47. The standard InChI is InChI=1S/C7H14N2O.C6H13FN2O/c1-8-6-2-3-7(4-6)9-5-10;1-10-5-4-9-3-2-6(7)8-9/h5-8H,2-4H2,1H3,(H,9,10);6,8H,2-5H2,1H3. The van der Waals surface area contributed by atoms with Gasteiger partial charge in [-0.1, -0.05) is 0 Å². The Morgan fingerprint density at radius 3 is 2.65 bits per heavy atom. The highest BCUT2D eigenvalue weighted by atomic mass is 19.1. The lowest BCUT2D eigenvalue weighted by molar-refractivity contribution is -0.110. The minimum Gasteiger partial charge on any atom is -0.383 e. The van der Waals surface area contributed by atoms with Crippen LogP contribution in [-0.2, 0) is 9.53 Å². The predicted molar refractivity (Wildman–Crippen MR) is 75.8 cm³/mol. The van der Waals surface area contributed by atoms with Crippen LogP contribution in [0.2, 0.25) is 0 Å². The molecular formula is C13H27FN4O2. The maximum atomic E-state index is 12.4. The molecule has 3 atom stereocenters. The maximum absolute atomic E-state index is 12.4. The van der Waals surface area contributed by atoms with Crippen molar-refractivity contribution < 1.29 is 13.9 Å². The number of halogens is 1. The first-order valence-electron chi connectivity index (χ1n) is 7.20. The Morgan fingerprint density at radius 2 is 2.15 bits per heavy atom. The normalized spacial score (nSPS) is 29.9. The van der Waals surface area contributed by atoms with Gasteiger partial charge < -0.3 is 15.4 Å². The first-order valence-corrected chi connectivity index (χ1v) is 7.20. The minimum atomic E-state index is -0.850. The molecule has 0 bridgehead atoms. The van der Waals surface area contributed by atoms with E-state index >= 15 is 0 Å². The Hall–Kier alpha value is -0.760. The number of carbonyl (C=O) groups is 1. The third-order valence-corrected chi connectivity index (χ3v) is 3.69. The van der Waals surface area contributed by atoms with Crippen molar-refractivity contribution >= 4 is 6.41 Å². The Bertz CT molecular complexity index is 271. The Balaban J connectivity index is 0.000000200. The number of rotatable bonds is 6. The molecule has 1 amide bonds. The van der Waals surface area contributed by atoms with E-state index in [0.717, 1.165) is 32.3 Å². The molecule has 2 fully saturated rings. The second-order valence-corrected chi connectivity index (χ2v) is 5.15. The summed E-state index contributed by atoms with van der Waals surface area (Å²) in [7, 11) is 3.61. The van der Waals surface area contributed by atoms with E-state index in [1.807, 2.05) is 12.1 Å². The van der Waals surface area contributed by atoms with Crippen molar-refractivity contribution in [3.05, 3.63) is 0 Å². The number of alkyl halides is 1. The number of hydrazine groups is 1. The molecule has 3 unspecified atom stereocenters. The summed E-state index contributed by atoms with van der Waals surface area (Å²) < 4.78 is 17.2. The van der Waals surface area contributed by atoms with Gasteiger partial charge in [0.25, 0.3) is 0 Å². The van der Waals surface area contributed by atoms with Gasteiger partial charge in [-0.15, -0.1) is 0 Å². The summed E-state index contributed by atoms with van der Waals surface area (Å²) in [6, 6.07) is 1.02. The number of nitrogens with one attached hydrogen (secondary N) is 3. The molecule has 7 heteroatoms. The molecule has 0 aromatic heterocycles. The molecule has 0 spiro atoms. The second-order valence-electron chi connectivity index (χ2n) is 5.15. The average molecular weight is 290 g/mol. The summed E-state index contributed by atoms with van der Waals surface area (Å²) in [6.07, 6.45) is 3.91. The molecule has 1 heterocycles. The summed E-state index contributed by atoms with van der Waals surface area (Å²) in [6.45, 7) is 2.20. The molecule has 0 aromatic carbocycles. The Morgan fingerprint density at radius 1 is 1.40 bits per heavy atom. The number of methoxy groups -OCH3 is 1. The van der Waals surface area contributed by atoms with Crippen LogP contribution in [0.3, 0.4) is 0 Å². The van der Waals surface area contributed by atoms with Crippen LogP contribution in [0, 0.1) is 0 Å². The van der Waals surface area contributed by atoms with Crippen molar-refractivity contribution in [3.63, 3.8) is 0 Å². The van der Waals surface area contributed by atoms with E-state index in [1.165, 1.54) is 6.42 Å². The molecule has 1 saturated carbocycles. The lowest BCUT2D eigenvalue weighted by Gasteiger charge is -2.13. The van der Waals surface area contributed by atoms with Gasteiger partial charge >= 0.3 is 0 Å². The van der Waals surface area contributed by atoms with Gasteiger partial charge in [0.15, 0.2) is 6.30 Å². The Labute approximate surface area is 120 Å². The van der Waals surface area contributed by atoms with Crippen molar-refractivity contribution in [1.82, 2.24) is 21.1 Å². The first kappa shape index (κ1) is 17.3. The number of nitrogens with zero attached hydrogens (tertiary/aromatic N) is 1. The van der Waals surface area contributed by atoms with Gasteiger partial charge in [-0.25, -0.2) is 14.8 Å². The number of carbonyl (C=O) groups excluding carboxylic acids is 1. The minimum absolute atomic E-state index is 0.412. The number of amides is 1. The van der Waals surface area contributed by atoms with Gasteiger partial charge in [0.2, 0.25) is 6.41 Å². The zero-order valence-corrected chi connectivity index (χ0v) is 12.4. The van der Waals surface area contributed by atoms with Crippen LogP contribution in [0.4, 0.5) is 4.39 Å². The van der Waals surface area contributed by atoms with Crippen LogP contribution in [0.25, 0.3) is 0 Å². The molecule has 0 radical (unpaired) electrons. The van der Waals surface area contributed by atoms with Crippen molar-refractivity contribution in [2.24, 2.45) is 0 Å². The molecule has 0 aromatic rings. The highest BCUT2D eigenvalue weighted by Gasteiger charge is 2.22. The summed E-state index contributed by atoms with van der Waals surface area (Å²) in [5, 5.41) is 7.83. The van der Waals surface area contributed by atoms with Crippen LogP contribution in [0.15, 0.2) is 0 Å². The van der Waals surface area contributed by atoms with Gasteiger partial charge in [0.1, 0.15) is 0 Å². The zero-order valence-electron chi connectivity index (χ0n) is 12.4. The highest BCUT2D eigenvalue weighted by molar-refractivity contribution is 5.46. The summed E-state index contributed by atoms with van der Waals surface area (Å²) in [4.78, 5) is 10.0. The monoisotopic (exact) mass is 290 g/mol. The third kappa shape index (κ3) is 6.60. The predicted octanol–water partition coefficient (Wildman–Crippen LogP) is 0.0116. The van der Waals surface area contributed by atoms with Crippen LogP contribution in [-0.4, -0.2) is 63.7 Å². The summed E-state index contributed by atoms with van der Waals surface area (Å²) in [5.41, 5.74) is 2.68. The van der Waals surface area contributed by atoms with Crippen LogP contribution < -0.4 is 16.1 Å². The third-order valence-electron chi connectivity index (χ3n) is 3.69. The molecule has 1 aliphatic carbocycles.